The monoisotopic (exact) mass is 321 g/mol. The molecule has 0 radical (unpaired) electrons. The van der Waals surface area contributed by atoms with Crippen LogP contribution in [0.3, 0.4) is 0 Å². The normalized spacial score (nSPS) is 11.2. The van der Waals surface area contributed by atoms with Crippen molar-refractivity contribution >= 4 is 23.3 Å². The average molecular weight is 322 g/mol. The van der Waals surface area contributed by atoms with Crippen molar-refractivity contribution in [1.82, 2.24) is 9.97 Å². The van der Waals surface area contributed by atoms with E-state index in [4.69, 9.17) is 11.6 Å². The Hall–Kier alpha value is -2.01. The van der Waals surface area contributed by atoms with Crippen molar-refractivity contribution < 1.29 is 9.90 Å². The largest absolute Gasteiger partial charge is 0.478 e. The minimum atomic E-state index is -0.938. The molecule has 2 aromatic heterocycles. The first-order chi connectivity index (χ1) is 10.3. The summed E-state index contributed by atoms with van der Waals surface area (Å²) in [6, 6.07) is 3.61. The van der Waals surface area contributed by atoms with Crippen molar-refractivity contribution in [2.45, 2.75) is 39.7 Å². The molecule has 2 aromatic rings. The van der Waals surface area contributed by atoms with E-state index in [0.717, 1.165) is 11.3 Å². The van der Waals surface area contributed by atoms with Crippen LogP contribution in [0.2, 0.25) is 5.15 Å². The molecule has 0 saturated heterocycles. The Balaban J connectivity index is 2.56. The second-order valence-corrected chi connectivity index (χ2v) is 6.21. The number of pyridine rings is 1. The third-order valence-corrected chi connectivity index (χ3v) is 3.47. The molecule has 0 spiro atoms. The maximum Gasteiger partial charge on any atom is 0.337 e. The van der Waals surface area contributed by atoms with E-state index in [-0.39, 0.29) is 17.5 Å². The summed E-state index contributed by atoms with van der Waals surface area (Å²) >= 11 is 5.97. The van der Waals surface area contributed by atoms with Crippen LogP contribution in [-0.2, 0) is 0 Å². The Labute approximate surface area is 134 Å². The lowest BCUT2D eigenvalue weighted by molar-refractivity contribution is 0.0695. The van der Waals surface area contributed by atoms with Gasteiger partial charge in [0.1, 0.15) is 5.15 Å². The van der Waals surface area contributed by atoms with Crippen molar-refractivity contribution in [3.05, 3.63) is 34.7 Å². The fraction of sp³-hybridized carbons (Fsp3) is 0.375. The van der Waals surface area contributed by atoms with E-state index in [0.29, 0.717) is 16.5 Å². The summed E-state index contributed by atoms with van der Waals surface area (Å²) in [5.41, 5.74) is 3.33. The Morgan fingerprint density at radius 3 is 2.50 bits per heavy atom. The molecule has 0 amide bonds. The van der Waals surface area contributed by atoms with Crippen molar-refractivity contribution in [3.63, 3.8) is 0 Å². The lowest BCUT2D eigenvalue weighted by Crippen LogP contribution is -2.10. The van der Waals surface area contributed by atoms with Gasteiger partial charge < -0.3 is 15.4 Å². The van der Waals surface area contributed by atoms with Crippen LogP contribution in [-0.4, -0.2) is 27.1 Å². The van der Waals surface area contributed by atoms with Crippen LogP contribution in [0.1, 0.15) is 49.7 Å². The van der Waals surface area contributed by atoms with Crippen LogP contribution < -0.4 is 5.32 Å². The van der Waals surface area contributed by atoms with Crippen molar-refractivity contribution in [2.24, 2.45) is 0 Å². The van der Waals surface area contributed by atoms with Crippen molar-refractivity contribution in [2.75, 3.05) is 5.32 Å². The molecule has 5 nitrogen and oxygen atoms in total. The fourth-order valence-electron chi connectivity index (χ4n) is 2.32. The van der Waals surface area contributed by atoms with Gasteiger partial charge in [-0.05, 0) is 31.9 Å². The van der Waals surface area contributed by atoms with Crippen molar-refractivity contribution in [3.8, 4) is 11.3 Å². The molecular weight excluding hydrogens is 302 g/mol. The number of halogens is 1. The van der Waals surface area contributed by atoms with E-state index >= 15 is 0 Å². The number of carbonyl (C=O) groups is 1. The third kappa shape index (κ3) is 3.42. The van der Waals surface area contributed by atoms with Gasteiger partial charge in [-0.2, -0.15) is 0 Å². The molecule has 0 aliphatic carbocycles. The number of hydrogen-bond donors (Lipinski definition) is 3. The smallest absolute Gasteiger partial charge is 0.337 e. The van der Waals surface area contributed by atoms with Crippen LogP contribution in [0.4, 0.5) is 5.69 Å². The zero-order valence-electron chi connectivity index (χ0n) is 13.1. The predicted octanol–water partition coefficient (Wildman–Crippen LogP) is 4.37. The van der Waals surface area contributed by atoms with Gasteiger partial charge in [0.05, 0.1) is 11.3 Å². The topological polar surface area (TPSA) is 78.0 Å². The van der Waals surface area contributed by atoms with Crippen molar-refractivity contribution in [1.29, 1.82) is 0 Å². The Kier molecular flexibility index (Phi) is 4.76. The number of nitrogens with one attached hydrogen (secondary N) is 2. The molecular formula is C16H20ClN3O2. The van der Waals surface area contributed by atoms with Gasteiger partial charge in [0.2, 0.25) is 0 Å². The van der Waals surface area contributed by atoms with Crippen LogP contribution in [0.5, 0.6) is 0 Å². The molecule has 0 aliphatic heterocycles. The van der Waals surface area contributed by atoms with E-state index in [2.05, 4.69) is 15.3 Å². The summed E-state index contributed by atoms with van der Waals surface area (Å²) < 4.78 is 0. The van der Waals surface area contributed by atoms with Crippen LogP contribution in [0.15, 0.2) is 18.3 Å². The zero-order valence-corrected chi connectivity index (χ0v) is 13.8. The van der Waals surface area contributed by atoms with Gasteiger partial charge in [-0.3, -0.25) is 0 Å². The van der Waals surface area contributed by atoms with Crippen LogP contribution >= 0.6 is 11.6 Å². The molecule has 0 aromatic carbocycles. The Morgan fingerprint density at radius 1 is 1.32 bits per heavy atom. The molecule has 0 unspecified atom stereocenters. The highest BCUT2D eigenvalue weighted by Crippen LogP contribution is 2.32. The number of carboxylic acid groups (broad SMARTS) is 1. The van der Waals surface area contributed by atoms with E-state index in [1.54, 1.807) is 18.3 Å². The number of hydrogen-bond acceptors (Lipinski definition) is 3. The molecule has 0 bridgehead atoms. The highest BCUT2D eigenvalue weighted by molar-refractivity contribution is 6.29. The van der Waals surface area contributed by atoms with E-state index in [1.807, 2.05) is 27.7 Å². The van der Waals surface area contributed by atoms with Gasteiger partial charge in [-0.25, -0.2) is 9.78 Å². The van der Waals surface area contributed by atoms with Gasteiger partial charge in [0.25, 0.3) is 0 Å². The lowest BCUT2D eigenvalue weighted by atomic mass is 10.1. The summed E-state index contributed by atoms with van der Waals surface area (Å²) in [4.78, 5) is 18.7. The molecule has 22 heavy (non-hydrogen) atoms. The summed E-state index contributed by atoms with van der Waals surface area (Å²) in [5, 5.41) is 13.1. The minimum Gasteiger partial charge on any atom is -0.478 e. The van der Waals surface area contributed by atoms with E-state index in [1.165, 1.54) is 0 Å². The number of carboxylic acids is 1. The molecule has 2 heterocycles. The third-order valence-electron chi connectivity index (χ3n) is 3.26. The van der Waals surface area contributed by atoms with Gasteiger partial charge in [0.15, 0.2) is 0 Å². The first-order valence-corrected chi connectivity index (χ1v) is 7.56. The second-order valence-electron chi connectivity index (χ2n) is 5.82. The fourth-order valence-corrected chi connectivity index (χ4v) is 2.48. The molecule has 6 heteroatoms. The van der Waals surface area contributed by atoms with E-state index in [9.17, 15) is 9.90 Å². The number of aromatic carboxylic acids is 1. The summed E-state index contributed by atoms with van der Waals surface area (Å²) in [7, 11) is 0. The lowest BCUT2D eigenvalue weighted by Gasteiger charge is -2.14. The average Bonchev–Trinajstić information content (AvgIpc) is 2.83. The number of nitrogens with zero attached hydrogens (tertiary/aromatic N) is 1. The van der Waals surface area contributed by atoms with Crippen LogP contribution in [0, 0.1) is 0 Å². The zero-order chi connectivity index (χ0) is 16.4. The van der Waals surface area contributed by atoms with Gasteiger partial charge >= 0.3 is 5.97 Å². The number of aromatic amines is 1. The molecule has 2 rings (SSSR count). The number of rotatable bonds is 5. The maximum atomic E-state index is 11.4. The summed E-state index contributed by atoms with van der Waals surface area (Å²) in [6.45, 7) is 7.95. The number of anilines is 1. The van der Waals surface area contributed by atoms with E-state index < -0.39 is 5.97 Å². The molecule has 3 N–H and O–H groups in total. The first kappa shape index (κ1) is 16.4. The number of H-pyrrole nitrogens is 1. The first-order valence-electron chi connectivity index (χ1n) is 7.18. The molecule has 0 atom stereocenters. The summed E-state index contributed by atoms with van der Waals surface area (Å²) in [6.07, 6.45) is 1.65. The van der Waals surface area contributed by atoms with Gasteiger partial charge in [0, 0.05) is 29.2 Å². The maximum absolute atomic E-state index is 11.4. The molecule has 118 valence electrons. The minimum absolute atomic E-state index is 0.0848. The standard InChI is InChI=1S/C16H20ClN3O2/c1-8(2)15-10(16(21)22)5-12(20-15)11-7-18-14(17)6-13(11)19-9(3)4/h5-9,20H,1-4H3,(H,18,19)(H,21,22). The quantitative estimate of drug-likeness (QED) is 0.714. The highest BCUT2D eigenvalue weighted by atomic mass is 35.5. The van der Waals surface area contributed by atoms with Gasteiger partial charge in [-0.15, -0.1) is 0 Å². The van der Waals surface area contributed by atoms with Crippen LogP contribution in [0.25, 0.3) is 11.3 Å². The highest BCUT2D eigenvalue weighted by Gasteiger charge is 2.19. The molecule has 0 saturated carbocycles. The molecule has 0 fully saturated rings. The predicted molar refractivity (Wildman–Crippen MR) is 88.8 cm³/mol. The number of aromatic nitrogens is 2. The SMILES string of the molecule is CC(C)Nc1cc(Cl)ncc1-c1cc(C(=O)O)c(C(C)C)[nH]1. The molecule has 0 aliphatic rings. The Morgan fingerprint density at radius 2 is 2.00 bits per heavy atom. The van der Waals surface area contributed by atoms with Gasteiger partial charge in [-0.1, -0.05) is 25.4 Å². The second kappa shape index (κ2) is 6.40. The summed E-state index contributed by atoms with van der Waals surface area (Å²) in [5.74, 6) is -0.854. The Bertz CT molecular complexity index is 693.